The minimum atomic E-state index is 0. The van der Waals surface area contributed by atoms with Gasteiger partial charge in [0.1, 0.15) is 0 Å². The SMILES string of the molecule is C=CC(=O)[N+](CC)(CC)CC.[Cl-]. The molecule has 72 valence electrons. The Hall–Kier alpha value is -0.340. The molecule has 0 aromatic carbocycles. The fourth-order valence-electron chi connectivity index (χ4n) is 1.33. The highest BCUT2D eigenvalue weighted by molar-refractivity contribution is 5.80. The van der Waals surface area contributed by atoms with E-state index in [4.69, 9.17) is 0 Å². The maximum Gasteiger partial charge on any atom is 0.338 e. The predicted molar refractivity (Wildman–Crippen MR) is 47.1 cm³/mol. The summed E-state index contributed by atoms with van der Waals surface area (Å²) in [5.41, 5.74) is 0. The molecule has 0 unspecified atom stereocenters. The van der Waals surface area contributed by atoms with Crippen LogP contribution in [0.2, 0.25) is 0 Å². The van der Waals surface area contributed by atoms with Crippen LogP contribution in [0.3, 0.4) is 0 Å². The molecule has 0 spiro atoms. The van der Waals surface area contributed by atoms with Gasteiger partial charge in [-0.1, -0.05) is 6.58 Å². The molecule has 1 amide bonds. The first-order valence-electron chi connectivity index (χ1n) is 4.19. The molecule has 0 heterocycles. The number of quaternary nitrogens is 1. The van der Waals surface area contributed by atoms with Crippen molar-refractivity contribution in [1.29, 1.82) is 0 Å². The average molecular weight is 192 g/mol. The van der Waals surface area contributed by atoms with Crippen molar-refractivity contribution in [3.05, 3.63) is 12.7 Å². The molecule has 0 atom stereocenters. The Morgan fingerprint density at radius 3 is 1.67 bits per heavy atom. The van der Waals surface area contributed by atoms with Crippen LogP contribution in [0, 0.1) is 0 Å². The lowest BCUT2D eigenvalue weighted by Gasteiger charge is -2.31. The molecule has 0 saturated carbocycles. The summed E-state index contributed by atoms with van der Waals surface area (Å²) in [5.74, 6) is 0.137. The van der Waals surface area contributed by atoms with Crippen molar-refractivity contribution >= 4 is 5.91 Å². The molecular formula is C9H18ClNO. The van der Waals surface area contributed by atoms with Crippen LogP contribution >= 0.6 is 0 Å². The zero-order valence-corrected chi connectivity index (χ0v) is 8.90. The summed E-state index contributed by atoms with van der Waals surface area (Å²) in [6, 6.07) is 0. The van der Waals surface area contributed by atoms with Gasteiger partial charge in [-0.15, -0.1) is 0 Å². The van der Waals surface area contributed by atoms with E-state index < -0.39 is 0 Å². The molecule has 0 aromatic heterocycles. The highest BCUT2D eigenvalue weighted by atomic mass is 35.5. The van der Waals surface area contributed by atoms with E-state index in [1.165, 1.54) is 6.08 Å². The fraction of sp³-hybridized carbons (Fsp3) is 0.667. The van der Waals surface area contributed by atoms with E-state index in [2.05, 4.69) is 6.58 Å². The maximum absolute atomic E-state index is 11.4. The number of halogens is 1. The number of amides is 1. The summed E-state index contributed by atoms with van der Waals surface area (Å²) in [4.78, 5) is 11.4. The van der Waals surface area contributed by atoms with Crippen LogP contribution in [0.15, 0.2) is 12.7 Å². The van der Waals surface area contributed by atoms with Gasteiger partial charge < -0.3 is 12.4 Å². The molecule has 0 rings (SSSR count). The second-order valence-corrected chi connectivity index (χ2v) is 2.64. The Labute approximate surface area is 81.3 Å². The first-order valence-corrected chi connectivity index (χ1v) is 4.19. The Bertz CT molecular complexity index is 144. The van der Waals surface area contributed by atoms with E-state index in [0.29, 0.717) is 4.48 Å². The predicted octanol–water partition coefficient (Wildman–Crippen LogP) is -1.42. The third-order valence-electron chi connectivity index (χ3n) is 2.46. The van der Waals surface area contributed by atoms with Crippen molar-refractivity contribution in [3.63, 3.8) is 0 Å². The molecule has 0 bridgehead atoms. The number of hydrogen-bond donors (Lipinski definition) is 0. The minimum absolute atomic E-state index is 0. The molecule has 0 N–H and O–H groups in total. The number of nitrogens with zero attached hydrogens (tertiary/aromatic N) is 1. The lowest BCUT2D eigenvalue weighted by atomic mass is 10.3. The number of hydrogen-bond acceptors (Lipinski definition) is 1. The van der Waals surface area contributed by atoms with Gasteiger partial charge in [0.2, 0.25) is 0 Å². The standard InChI is InChI=1S/C9H18NO.ClH/c1-5-9(11)10(6-2,7-3)8-4;/h5H,1,6-8H2,2-4H3;1H/q+1;/p-1. The molecule has 0 aliphatic carbocycles. The fourth-order valence-corrected chi connectivity index (χ4v) is 1.33. The summed E-state index contributed by atoms with van der Waals surface area (Å²) < 4.78 is 0.531. The van der Waals surface area contributed by atoms with Crippen LogP contribution < -0.4 is 12.4 Å². The van der Waals surface area contributed by atoms with E-state index in [-0.39, 0.29) is 18.3 Å². The van der Waals surface area contributed by atoms with Gasteiger partial charge in [-0.05, 0) is 20.8 Å². The van der Waals surface area contributed by atoms with Gasteiger partial charge in [0, 0.05) is 6.08 Å². The molecule has 0 fully saturated rings. The molecule has 0 aliphatic rings. The Morgan fingerprint density at radius 1 is 1.25 bits per heavy atom. The quantitative estimate of drug-likeness (QED) is 0.394. The molecular weight excluding hydrogens is 174 g/mol. The van der Waals surface area contributed by atoms with E-state index in [1.807, 2.05) is 20.8 Å². The van der Waals surface area contributed by atoms with Gasteiger partial charge in [0.15, 0.2) is 0 Å². The average Bonchev–Trinajstić information content (AvgIpc) is 2.08. The van der Waals surface area contributed by atoms with Crippen LogP contribution in [0.4, 0.5) is 0 Å². The van der Waals surface area contributed by atoms with E-state index >= 15 is 0 Å². The van der Waals surface area contributed by atoms with E-state index in [0.717, 1.165) is 19.6 Å². The largest absolute Gasteiger partial charge is 1.00 e. The zero-order valence-electron chi connectivity index (χ0n) is 8.14. The maximum atomic E-state index is 11.4. The minimum Gasteiger partial charge on any atom is -1.00 e. The van der Waals surface area contributed by atoms with Gasteiger partial charge >= 0.3 is 5.91 Å². The van der Waals surface area contributed by atoms with Crippen LogP contribution in [-0.4, -0.2) is 30.0 Å². The molecule has 0 radical (unpaired) electrons. The Balaban J connectivity index is 0. The van der Waals surface area contributed by atoms with Gasteiger partial charge in [0.05, 0.1) is 19.6 Å². The monoisotopic (exact) mass is 191 g/mol. The molecule has 12 heavy (non-hydrogen) atoms. The van der Waals surface area contributed by atoms with Crippen molar-refractivity contribution in [2.45, 2.75) is 20.8 Å². The summed E-state index contributed by atoms with van der Waals surface area (Å²) in [5, 5.41) is 0. The van der Waals surface area contributed by atoms with Crippen LogP contribution in [0.25, 0.3) is 0 Å². The van der Waals surface area contributed by atoms with Crippen molar-refractivity contribution in [2.75, 3.05) is 19.6 Å². The van der Waals surface area contributed by atoms with Crippen LogP contribution in [0.5, 0.6) is 0 Å². The van der Waals surface area contributed by atoms with Crippen LogP contribution in [-0.2, 0) is 4.79 Å². The molecule has 0 aliphatic heterocycles. The Morgan fingerprint density at radius 2 is 1.58 bits per heavy atom. The van der Waals surface area contributed by atoms with Crippen molar-refractivity contribution in [2.24, 2.45) is 0 Å². The van der Waals surface area contributed by atoms with Crippen molar-refractivity contribution < 1.29 is 21.7 Å². The van der Waals surface area contributed by atoms with Gasteiger partial charge in [-0.25, -0.2) is 4.79 Å². The smallest absolute Gasteiger partial charge is 0.338 e. The first-order chi connectivity index (χ1) is 5.16. The lowest BCUT2D eigenvalue weighted by Crippen LogP contribution is -3.00. The molecule has 0 aromatic rings. The van der Waals surface area contributed by atoms with E-state index in [9.17, 15) is 4.79 Å². The second-order valence-electron chi connectivity index (χ2n) is 2.64. The third-order valence-corrected chi connectivity index (χ3v) is 2.46. The van der Waals surface area contributed by atoms with Crippen LogP contribution in [0.1, 0.15) is 20.8 Å². The Kier molecular flexibility index (Phi) is 7.34. The zero-order chi connectivity index (χ0) is 8.91. The van der Waals surface area contributed by atoms with Gasteiger partial charge in [-0.2, -0.15) is 0 Å². The lowest BCUT2D eigenvalue weighted by molar-refractivity contribution is -0.846. The molecule has 2 nitrogen and oxygen atoms in total. The highest BCUT2D eigenvalue weighted by Crippen LogP contribution is 2.06. The topological polar surface area (TPSA) is 17.1 Å². The van der Waals surface area contributed by atoms with Gasteiger partial charge in [0.25, 0.3) is 0 Å². The first kappa shape index (κ1) is 14.2. The number of likely N-dealkylation sites (N-methyl/N-ethyl adjacent to an activating group) is 1. The number of carbonyl (C=O) groups is 1. The third kappa shape index (κ3) is 2.61. The normalized spacial score (nSPS) is 10.2. The summed E-state index contributed by atoms with van der Waals surface area (Å²) in [6.45, 7) is 12.2. The van der Waals surface area contributed by atoms with Crippen molar-refractivity contribution in [1.82, 2.24) is 0 Å². The second kappa shape index (κ2) is 6.21. The highest BCUT2D eigenvalue weighted by Gasteiger charge is 2.27. The molecule has 3 heteroatoms. The number of rotatable bonds is 4. The summed E-state index contributed by atoms with van der Waals surface area (Å²) >= 11 is 0. The molecule has 0 saturated heterocycles. The van der Waals surface area contributed by atoms with Crippen molar-refractivity contribution in [3.8, 4) is 0 Å². The van der Waals surface area contributed by atoms with E-state index in [1.54, 1.807) is 0 Å². The summed E-state index contributed by atoms with van der Waals surface area (Å²) in [7, 11) is 0. The van der Waals surface area contributed by atoms with Gasteiger partial charge in [-0.3, -0.25) is 4.48 Å². The summed E-state index contributed by atoms with van der Waals surface area (Å²) in [6.07, 6.45) is 1.43. The number of carbonyl (C=O) groups excluding carboxylic acids is 1.